The first-order valence-electron chi connectivity index (χ1n) is 9.19. The highest BCUT2D eigenvalue weighted by atomic mass is 16.5. The van der Waals surface area contributed by atoms with Gasteiger partial charge in [0.1, 0.15) is 0 Å². The van der Waals surface area contributed by atoms with Crippen LogP contribution in [0.15, 0.2) is 0 Å². The fourth-order valence-electron chi connectivity index (χ4n) is 4.45. The van der Waals surface area contributed by atoms with Crippen LogP contribution < -0.4 is 5.32 Å². The van der Waals surface area contributed by atoms with Crippen LogP contribution in [0.4, 0.5) is 0 Å². The summed E-state index contributed by atoms with van der Waals surface area (Å²) in [5.74, 6) is 1.60. The molecule has 21 heavy (non-hydrogen) atoms. The molecule has 2 saturated carbocycles. The molecule has 2 rings (SSSR count). The van der Waals surface area contributed by atoms with Crippen molar-refractivity contribution in [3.8, 4) is 0 Å². The standard InChI is InChI=1S/C19H37NO/c1-15-8-6-7-9-17(15)21-19(14-20-5)12-10-16(11-13-19)18(2,3)4/h15-17,20H,6-14H2,1-5H3. The Labute approximate surface area is 132 Å². The van der Waals surface area contributed by atoms with Gasteiger partial charge < -0.3 is 10.1 Å². The lowest BCUT2D eigenvalue weighted by Crippen LogP contribution is -2.49. The van der Waals surface area contributed by atoms with E-state index < -0.39 is 0 Å². The Hall–Kier alpha value is -0.0800. The molecule has 1 N–H and O–H groups in total. The summed E-state index contributed by atoms with van der Waals surface area (Å²) in [5.41, 5.74) is 0.552. The molecular formula is C19H37NO. The molecule has 0 saturated heterocycles. The van der Waals surface area contributed by atoms with Crippen molar-refractivity contribution < 1.29 is 4.74 Å². The number of nitrogens with one attached hydrogen (secondary N) is 1. The third-order valence-corrected chi connectivity index (χ3v) is 6.05. The van der Waals surface area contributed by atoms with Gasteiger partial charge >= 0.3 is 0 Å². The smallest absolute Gasteiger partial charge is 0.0810 e. The Balaban J connectivity index is 1.98. The number of likely N-dealkylation sites (N-methyl/N-ethyl adjacent to an activating group) is 1. The van der Waals surface area contributed by atoms with Gasteiger partial charge in [0.15, 0.2) is 0 Å². The van der Waals surface area contributed by atoms with Crippen LogP contribution in [0.2, 0.25) is 0 Å². The minimum Gasteiger partial charge on any atom is -0.370 e. The summed E-state index contributed by atoms with van der Waals surface area (Å²) in [5, 5.41) is 3.41. The van der Waals surface area contributed by atoms with Crippen LogP contribution in [0.3, 0.4) is 0 Å². The molecule has 2 aliphatic rings. The second-order valence-electron chi connectivity index (χ2n) is 8.77. The topological polar surface area (TPSA) is 21.3 Å². The van der Waals surface area contributed by atoms with Gasteiger partial charge in [0, 0.05) is 6.54 Å². The van der Waals surface area contributed by atoms with Gasteiger partial charge in [-0.3, -0.25) is 0 Å². The molecule has 2 heteroatoms. The highest BCUT2D eigenvalue weighted by molar-refractivity contribution is 4.93. The maximum absolute atomic E-state index is 6.77. The number of rotatable bonds is 4. The van der Waals surface area contributed by atoms with Crippen molar-refractivity contribution in [2.45, 2.75) is 90.8 Å². The molecule has 0 spiro atoms. The summed E-state index contributed by atoms with van der Waals surface area (Å²) in [6.45, 7) is 10.6. The lowest BCUT2D eigenvalue weighted by atomic mass is 9.68. The first kappa shape index (κ1) is 17.3. The molecule has 0 aromatic heterocycles. The fraction of sp³-hybridized carbons (Fsp3) is 1.00. The summed E-state index contributed by atoms with van der Waals surface area (Å²) >= 11 is 0. The van der Waals surface area contributed by atoms with E-state index in [1.807, 2.05) is 0 Å². The van der Waals surface area contributed by atoms with E-state index >= 15 is 0 Å². The number of ether oxygens (including phenoxy) is 1. The van der Waals surface area contributed by atoms with Gasteiger partial charge in [-0.2, -0.15) is 0 Å². The largest absolute Gasteiger partial charge is 0.370 e. The lowest BCUT2D eigenvalue weighted by Gasteiger charge is -2.47. The van der Waals surface area contributed by atoms with Crippen molar-refractivity contribution in [1.82, 2.24) is 5.32 Å². The van der Waals surface area contributed by atoms with Gasteiger partial charge in [0.05, 0.1) is 11.7 Å². The Bertz CT molecular complexity index is 312. The molecule has 0 aliphatic heterocycles. The van der Waals surface area contributed by atoms with Crippen LogP contribution in [0.25, 0.3) is 0 Å². The van der Waals surface area contributed by atoms with E-state index in [4.69, 9.17) is 4.74 Å². The molecule has 0 aromatic carbocycles. The monoisotopic (exact) mass is 295 g/mol. The highest BCUT2D eigenvalue weighted by Crippen LogP contribution is 2.44. The molecule has 0 heterocycles. The van der Waals surface area contributed by atoms with Gasteiger partial charge in [0.25, 0.3) is 0 Å². The van der Waals surface area contributed by atoms with Crippen LogP contribution in [-0.4, -0.2) is 25.3 Å². The highest BCUT2D eigenvalue weighted by Gasteiger charge is 2.41. The van der Waals surface area contributed by atoms with Gasteiger partial charge in [0.2, 0.25) is 0 Å². The predicted octanol–water partition coefficient (Wildman–Crippen LogP) is 4.78. The summed E-state index contributed by atoms with van der Waals surface area (Å²) in [6, 6.07) is 0. The predicted molar refractivity (Wildman–Crippen MR) is 90.6 cm³/mol. The maximum Gasteiger partial charge on any atom is 0.0810 e. The van der Waals surface area contributed by atoms with Crippen LogP contribution in [0.5, 0.6) is 0 Å². The van der Waals surface area contributed by atoms with Crippen LogP contribution >= 0.6 is 0 Å². The van der Waals surface area contributed by atoms with Crippen LogP contribution in [0, 0.1) is 17.3 Å². The zero-order valence-electron chi connectivity index (χ0n) is 15.0. The van der Waals surface area contributed by atoms with Crippen molar-refractivity contribution in [3.05, 3.63) is 0 Å². The molecule has 0 amide bonds. The lowest BCUT2D eigenvalue weighted by molar-refractivity contribution is -0.146. The fourth-order valence-corrected chi connectivity index (χ4v) is 4.45. The normalized spacial score (nSPS) is 38.4. The van der Waals surface area contributed by atoms with Gasteiger partial charge in [-0.05, 0) is 62.8 Å². The van der Waals surface area contributed by atoms with E-state index in [0.29, 0.717) is 11.5 Å². The van der Waals surface area contributed by atoms with Gasteiger partial charge in [-0.1, -0.05) is 40.5 Å². The first-order valence-corrected chi connectivity index (χ1v) is 9.19. The van der Waals surface area contributed by atoms with Crippen molar-refractivity contribution >= 4 is 0 Å². The SMILES string of the molecule is CNCC1(OC2CCCCC2C)CCC(C(C)(C)C)CC1. The first-order chi connectivity index (χ1) is 9.86. The molecule has 2 nitrogen and oxygen atoms in total. The van der Waals surface area contributed by atoms with Crippen molar-refractivity contribution in [3.63, 3.8) is 0 Å². The van der Waals surface area contributed by atoms with Crippen molar-refractivity contribution in [2.75, 3.05) is 13.6 Å². The molecule has 124 valence electrons. The Morgan fingerprint density at radius 1 is 1.05 bits per heavy atom. The van der Waals surface area contributed by atoms with E-state index in [-0.39, 0.29) is 5.60 Å². The zero-order valence-corrected chi connectivity index (χ0v) is 15.0. The summed E-state index contributed by atoms with van der Waals surface area (Å²) in [6.07, 6.45) is 11.0. The van der Waals surface area contributed by atoms with E-state index in [0.717, 1.165) is 18.4 Å². The number of hydrogen-bond acceptors (Lipinski definition) is 2. The average Bonchev–Trinajstić information content (AvgIpc) is 2.41. The van der Waals surface area contributed by atoms with Crippen LogP contribution in [0.1, 0.15) is 79.1 Å². The second-order valence-corrected chi connectivity index (χ2v) is 8.77. The molecule has 0 radical (unpaired) electrons. The third-order valence-electron chi connectivity index (χ3n) is 6.05. The molecular weight excluding hydrogens is 258 g/mol. The minimum atomic E-state index is 0.104. The van der Waals surface area contributed by atoms with Crippen LogP contribution in [-0.2, 0) is 4.74 Å². The zero-order chi connectivity index (χ0) is 15.5. The quantitative estimate of drug-likeness (QED) is 0.806. The Morgan fingerprint density at radius 2 is 1.67 bits per heavy atom. The van der Waals surface area contributed by atoms with E-state index in [1.54, 1.807) is 0 Å². The molecule has 0 bridgehead atoms. The van der Waals surface area contributed by atoms with Gasteiger partial charge in [-0.25, -0.2) is 0 Å². The van der Waals surface area contributed by atoms with Gasteiger partial charge in [-0.15, -0.1) is 0 Å². The average molecular weight is 296 g/mol. The molecule has 2 fully saturated rings. The van der Waals surface area contributed by atoms with E-state index in [2.05, 4.69) is 40.1 Å². The second kappa shape index (κ2) is 7.00. The van der Waals surface area contributed by atoms with E-state index in [1.165, 1.54) is 51.4 Å². The van der Waals surface area contributed by atoms with Crippen molar-refractivity contribution in [1.29, 1.82) is 0 Å². The Morgan fingerprint density at radius 3 is 2.19 bits per heavy atom. The Kier molecular flexibility index (Phi) is 5.76. The summed E-state index contributed by atoms with van der Waals surface area (Å²) in [7, 11) is 2.07. The van der Waals surface area contributed by atoms with E-state index in [9.17, 15) is 0 Å². The number of hydrogen-bond donors (Lipinski definition) is 1. The maximum atomic E-state index is 6.77. The molecule has 2 atom stereocenters. The molecule has 2 aliphatic carbocycles. The van der Waals surface area contributed by atoms with Crippen molar-refractivity contribution in [2.24, 2.45) is 17.3 Å². The summed E-state index contributed by atoms with van der Waals surface area (Å²) < 4.78 is 6.77. The molecule has 2 unspecified atom stereocenters. The molecule has 0 aromatic rings. The minimum absolute atomic E-state index is 0.104. The third kappa shape index (κ3) is 4.45. The summed E-state index contributed by atoms with van der Waals surface area (Å²) in [4.78, 5) is 0.